The number of aromatic amines is 1. The third-order valence-corrected chi connectivity index (χ3v) is 5.57. The fraction of sp³-hybridized carbons (Fsp3) is 0.174. The number of carbonyl (C=O) groups is 1. The first-order valence-corrected chi connectivity index (χ1v) is 11.0. The second-order valence-electron chi connectivity index (χ2n) is 6.82. The van der Waals surface area contributed by atoms with Gasteiger partial charge in [-0.1, -0.05) is 55.1 Å². The highest BCUT2D eigenvalue weighted by Gasteiger charge is 2.18. The number of imidazole rings is 2. The number of aromatic nitrogens is 4. The van der Waals surface area contributed by atoms with Gasteiger partial charge in [0.15, 0.2) is 5.16 Å². The molecule has 4 rings (SSSR count). The van der Waals surface area contributed by atoms with Crippen LogP contribution in [-0.4, -0.2) is 31.7 Å². The zero-order valence-electron chi connectivity index (χ0n) is 16.9. The van der Waals surface area contributed by atoms with Gasteiger partial charge in [0.1, 0.15) is 5.82 Å². The van der Waals surface area contributed by atoms with E-state index in [2.05, 4.69) is 20.3 Å². The molecule has 0 saturated heterocycles. The Morgan fingerprint density at radius 3 is 2.77 bits per heavy atom. The lowest BCUT2D eigenvalue weighted by Crippen LogP contribution is -2.29. The monoisotopic (exact) mass is 417 g/mol. The molecule has 0 aliphatic rings. The zero-order valence-corrected chi connectivity index (χ0v) is 17.7. The van der Waals surface area contributed by atoms with Crippen LogP contribution >= 0.6 is 11.8 Å². The van der Waals surface area contributed by atoms with Gasteiger partial charge in [-0.05, 0) is 36.4 Å². The number of benzene rings is 2. The fourth-order valence-corrected chi connectivity index (χ4v) is 3.85. The van der Waals surface area contributed by atoms with E-state index in [9.17, 15) is 4.79 Å². The minimum Gasteiger partial charge on any atom is -0.342 e. The standard InChI is InChI=1S/C23H23N5OS/c1-3-19(21-25-15-20(26-21)16-8-5-4-6-9-16)27-22(29)17-10-7-11-18(14-17)28-13-12-24-23(28)30-2/h4-15,19H,3H2,1-2H3,(H,25,26)(H,27,29). The lowest BCUT2D eigenvalue weighted by molar-refractivity contribution is 0.0934. The van der Waals surface area contributed by atoms with E-state index < -0.39 is 0 Å². The van der Waals surface area contributed by atoms with Gasteiger partial charge in [-0.2, -0.15) is 0 Å². The molecule has 7 heteroatoms. The van der Waals surface area contributed by atoms with Crippen LogP contribution in [0.4, 0.5) is 0 Å². The number of nitrogens with zero attached hydrogens (tertiary/aromatic N) is 3. The summed E-state index contributed by atoms with van der Waals surface area (Å²) < 4.78 is 1.97. The van der Waals surface area contributed by atoms with E-state index in [0.29, 0.717) is 5.56 Å². The van der Waals surface area contributed by atoms with Gasteiger partial charge >= 0.3 is 0 Å². The van der Waals surface area contributed by atoms with Gasteiger partial charge in [0, 0.05) is 23.6 Å². The third kappa shape index (κ3) is 4.16. The summed E-state index contributed by atoms with van der Waals surface area (Å²) in [5, 5.41) is 3.98. The van der Waals surface area contributed by atoms with Crippen molar-refractivity contribution >= 4 is 17.7 Å². The van der Waals surface area contributed by atoms with Crippen molar-refractivity contribution in [1.82, 2.24) is 24.8 Å². The molecule has 30 heavy (non-hydrogen) atoms. The van der Waals surface area contributed by atoms with Crippen molar-refractivity contribution in [2.45, 2.75) is 24.5 Å². The maximum absolute atomic E-state index is 13.0. The van der Waals surface area contributed by atoms with Crippen molar-refractivity contribution in [3.63, 3.8) is 0 Å². The van der Waals surface area contributed by atoms with Gasteiger partial charge in [-0.25, -0.2) is 9.97 Å². The fourth-order valence-electron chi connectivity index (χ4n) is 3.32. The Balaban J connectivity index is 1.53. The van der Waals surface area contributed by atoms with E-state index in [1.54, 1.807) is 18.0 Å². The molecule has 6 nitrogen and oxygen atoms in total. The van der Waals surface area contributed by atoms with Gasteiger partial charge < -0.3 is 10.3 Å². The number of H-pyrrole nitrogens is 1. The Morgan fingerprint density at radius 1 is 1.17 bits per heavy atom. The molecule has 1 atom stereocenters. The minimum atomic E-state index is -0.200. The van der Waals surface area contributed by atoms with Crippen LogP contribution in [0.1, 0.15) is 35.6 Å². The second-order valence-corrected chi connectivity index (χ2v) is 7.59. The van der Waals surface area contributed by atoms with Crippen LogP contribution in [0.5, 0.6) is 0 Å². The van der Waals surface area contributed by atoms with Crippen molar-refractivity contribution in [3.05, 3.63) is 84.6 Å². The van der Waals surface area contributed by atoms with E-state index >= 15 is 0 Å². The summed E-state index contributed by atoms with van der Waals surface area (Å²) in [7, 11) is 0. The highest BCUT2D eigenvalue weighted by molar-refractivity contribution is 7.98. The Kier molecular flexibility index (Phi) is 5.99. The molecule has 0 bridgehead atoms. The van der Waals surface area contributed by atoms with Gasteiger partial charge in [-0.3, -0.25) is 9.36 Å². The number of nitrogens with one attached hydrogen (secondary N) is 2. The van der Waals surface area contributed by atoms with Crippen molar-refractivity contribution in [3.8, 4) is 16.9 Å². The lowest BCUT2D eigenvalue weighted by atomic mass is 10.1. The molecule has 1 amide bonds. The number of amides is 1. The maximum Gasteiger partial charge on any atom is 0.251 e. The highest BCUT2D eigenvalue weighted by Crippen LogP contribution is 2.22. The lowest BCUT2D eigenvalue weighted by Gasteiger charge is -2.15. The van der Waals surface area contributed by atoms with Gasteiger partial charge in [-0.15, -0.1) is 0 Å². The van der Waals surface area contributed by atoms with E-state index in [0.717, 1.165) is 34.3 Å². The summed E-state index contributed by atoms with van der Waals surface area (Å²) in [6.07, 6.45) is 8.17. The minimum absolute atomic E-state index is 0.132. The predicted molar refractivity (Wildman–Crippen MR) is 120 cm³/mol. The van der Waals surface area contributed by atoms with Crippen LogP contribution in [-0.2, 0) is 0 Å². The van der Waals surface area contributed by atoms with Crippen molar-refractivity contribution in [1.29, 1.82) is 0 Å². The molecule has 0 saturated carbocycles. The smallest absolute Gasteiger partial charge is 0.251 e. The zero-order chi connectivity index (χ0) is 20.9. The van der Waals surface area contributed by atoms with Crippen molar-refractivity contribution < 1.29 is 4.79 Å². The van der Waals surface area contributed by atoms with Crippen LogP contribution in [0.15, 0.2) is 78.3 Å². The van der Waals surface area contributed by atoms with Gasteiger partial charge in [0.05, 0.1) is 17.9 Å². The number of carbonyl (C=O) groups excluding carboxylic acids is 1. The molecular weight excluding hydrogens is 394 g/mol. The largest absolute Gasteiger partial charge is 0.342 e. The summed E-state index contributed by atoms with van der Waals surface area (Å²) in [5.41, 5.74) is 3.50. The molecule has 152 valence electrons. The molecule has 2 aromatic carbocycles. The predicted octanol–water partition coefficient (Wildman–Crippen LogP) is 4.87. The Labute approximate surface area is 179 Å². The average molecular weight is 418 g/mol. The molecule has 0 spiro atoms. The second kappa shape index (κ2) is 9.00. The van der Waals surface area contributed by atoms with Crippen LogP contribution in [0.25, 0.3) is 16.9 Å². The molecule has 2 aromatic heterocycles. The van der Waals surface area contributed by atoms with Crippen molar-refractivity contribution in [2.24, 2.45) is 0 Å². The maximum atomic E-state index is 13.0. The van der Waals surface area contributed by atoms with E-state index in [4.69, 9.17) is 0 Å². The Hall–Kier alpha value is -3.32. The van der Waals surface area contributed by atoms with E-state index in [1.165, 1.54) is 0 Å². The van der Waals surface area contributed by atoms with Gasteiger partial charge in [0.2, 0.25) is 0 Å². The van der Waals surface area contributed by atoms with E-state index in [-0.39, 0.29) is 11.9 Å². The van der Waals surface area contributed by atoms with Crippen LogP contribution in [0.2, 0.25) is 0 Å². The molecule has 0 fully saturated rings. The van der Waals surface area contributed by atoms with Crippen LogP contribution < -0.4 is 5.32 Å². The molecular formula is C23H23N5OS. The molecule has 2 N–H and O–H groups in total. The first kappa shape index (κ1) is 20.0. The number of hydrogen-bond donors (Lipinski definition) is 2. The molecule has 0 aliphatic heterocycles. The molecule has 1 unspecified atom stereocenters. The third-order valence-electron chi connectivity index (χ3n) is 4.90. The molecule has 0 radical (unpaired) electrons. The Bertz CT molecular complexity index is 1140. The quantitative estimate of drug-likeness (QED) is 0.421. The summed E-state index contributed by atoms with van der Waals surface area (Å²) in [6.45, 7) is 2.03. The first-order chi connectivity index (χ1) is 14.7. The first-order valence-electron chi connectivity index (χ1n) is 9.78. The van der Waals surface area contributed by atoms with Crippen LogP contribution in [0, 0.1) is 0 Å². The number of thioether (sulfide) groups is 1. The van der Waals surface area contributed by atoms with Gasteiger partial charge in [0.25, 0.3) is 5.91 Å². The summed E-state index contributed by atoms with van der Waals surface area (Å²) in [6, 6.07) is 17.4. The highest BCUT2D eigenvalue weighted by atomic mass is 32.2. The Morgan fingerprint density at radius 2 is 2.00 bits per heavy atom. The topological polar surface area (TPSA) is 75.6 Å². The average Bonchev–Trinajstić information content (AvgIpc) is 3.48. The van der Waals surface area contributed by atoms with E-state index in [1.807, 2.05) is 84.7 Å². The van der Waals surface area contributed by atoms with Crippen molar-refractivity contribution in [2.75, 3.05) is 6.26 Å². The summed E-state index contributed by atoms with van der Waals surface area (Å²) in [4.78, 5) is 25.1. The number of hydrogen-bond acceptors (Lipinski definition) is 4. The summed E-state index contributed by atoms with van der Waals surface area (Å²) in [5.74, 6) is 0.618. The molecule has 0 aliphatic carbocycles. The normalized spacial score (nSPS) is 11.9. The summed E-state index contributed by atoms with van der Waals surface area (Å²) >= 11 is 1.56. The SMILES string of the molecule is CCC(NC(=O)c1cccc(-n2ccnc2SC)c1)c1ncc(-c2ccccc2)[nH]1. The molecule has 4 aromatic rings. The van der Waals surface area contributed by atoms with Crippen LogP contribution in [0.3, 0.4) is 0 Å². The molecule has 2 heterocycles. The number of rotatable bonds is 7.